The lowest BCUT2D eigenvalue weighted by Gasteiger charge is -2.21. The van der Waals surface area contributed by atoms with Crippen molar-refractivity contribution in [1.29, 1.82) is 0 Å². The van der Waals surface area contributed by atoms with Gasteiger partial charge in [-0.15, -0.1) is 0 Å². The zero-order valence-electron chi connectivity index (χ0n) is 10.3. The smallest absolute Gasteiger partial charge is 0.354 e. The fourth-order valence-electron chi connectivity index (χ4n) is 1.79. The number of hydrogen-bond donors (Lipinski definition) is 1. The van der Waals surface area contributed by atoms with Gasteiger partial charge in [-0.3, -0.25) is 0 Å². The zero-order chi connectivity index (χ0) is 13.1. The number of carboxylic acid groups (broad SMARTS) is 1. The highest BCUT2D eigenvalue weighted by Crippen LogP contribution is 2.25. The third kappa shape index (κ3) is 2.32. The van der Waals surface area contributed by atoms with Gasteiger partial charge in [0, 0.05) is 12.7 Å². The van der Waals surface area contributed by atoms with Crippen LogP contribution in [0.15, 0.2) is 42.6 Å². The van der Waals surface area contributed by atoms with Crippen molar-refractivity contribution in [3.8, 4) is 0 Å². The maximum Gasteiger partial charge on any atom is 0.354 e. The summed E-state index contributed by atoms with van der Waals surface area (Å²) in [6, 6.07) is 11.3. The van der Waals surface area contributed by atoms with Crippen LogP contribution < -0.4 is 4.90 Å². The lowest BCUT2D eigenvalue weighted by molar-refractivity contribution is 0.0690. The van der Waals surface area contributed by atoms with Crippen molar-refractivity contribution in [1.82, 2.24) is 4.98 Å². The number of para-hydroxylation sites is 1. The zero-order valence-corrected chi connectivity index (χ0v) is 10.3. The lowest BCUT2D eigenvalue weighted by atomic mass is 10.2. The third-order valence-corrected chi connectivity index (χ3v) is 2.83. The summed E-state index contributed by atoms with van der Waals surface area (Å²) >= 11 is 0. The SMILES string of the molecule is Cc1ccccc1N(C)c1ccc(C(=O)O)nc1. The van der Waals surface area contributed by atoms with Gasteiger partial charge < -0.3 is 10.0 Å². The largest absolute Gasteiger partial charge is 0.477 e. The van der Waals surface area contributed by atoms with E-state index in [4.69, 9.17) is 5.11 Å². The molecule has 0 spiro atoms. The third-order valence-electron chi connectivity index (χ3n) is 2.83. The van der Waals surface area contributed by atoms with Gasteiger partial charge in [0.25, 0.3) is 0 Å². The molecule has 0 bridgehead atoms. The Kier molecular flexibility index (Phi) is 3.28. The van der Waals surface area contributed by atoms with Gasteiger partial charge in [-0.25, -0.2) is 9.78 Å². The summed E-state index contributed by atoms with van der Waals surface area (Å²) in [7, 11) is 1.93. The van der Waals surface area contributed by atoms with E-state index in [1.807, 2.05) is 43.1 Å². The fourth-order valence-corrected chi connectivity index (χ4v) is 1.79. The van der Waals surface area contributed by atoms with Gasteiger partial charge in [-0.2, -0.15) is 0 Å². The van der Waals surface area contributed by atoms with Crippen LogP contribution in [-0.4, -0.2) is 23.1 Å². The maximum atomic E-state index is 10.7. The normalized spacial score (nSPS) is 10.1. The molecular weight excluding hydrogens is 228 g/mol. The molecule has 0 amide bonds. The Hall–Kier alpha value is -2.36. The number of rotatable bonds is 3. The Labute approximate surface area is 106 Å². The van der Waals surface area contributed by atoms with Gasteiger partial charge in [-0.05, 0) is 30.7 Å². The molecule has 1 aromatic carbocycles. The molecule has 18 heavy (non-hydrogen) atoms. The van der Waals surface area contributed by atoms with Gasteiger partial charge in [0.05, 0.1) is 11.9 Å². The molecule has 0 saturated heterocycles. The molecule has 0 unspecified atom stereocenters. The fraction of sp³-hybridized carbons (Fsp3) is 0.143. The Balaban J connectivity index is 2.32. The summed E-state index contributed by atoms with van der Waals surface area (Å²) < 4.78 is 0. The van der Waals surface area contributed by atoms with Gasteiger partial charge in [0.1, 0.15) is 5.69 Å². The molecule has 4 heteroatoms. The molecule has 4 nitrogen and oxygen atoms in total. The van der Waals surface area contributed by atoms with Gasteiger partial charge in [0.2, 0.25) is 0 Å². The molecule has 2 rings (SSSR count). The van der Waals surface area contributed by atoms with E-state index in [1.165, 1.54) is 6.07 Å². The number of pyridine rings is 1. The van der Waals surface area contributed by atoms with Crippen LogP contribution in [0, 0.1) is 6.92 Å². The number of carboxylic acids is 1. The molecule has 0 aliphatic heterocycles. The Morgan fingerprint density at radius 3 is 2.50 bits per heavy atom. The average Bonchev–Trinajstić information content (AvgIpc) is 2.38. The Bertz CT molecular complexity index is 564. The predicted octanol–water partition coefficient (Wildman–Crippen LogP) is 2.86. The summed E-state index contributed by atoms with van der Waals surface area (Å²) in [5.41, 5.74) is 3.14. The summed E-state index contributed by atoms with van der Waals surface area (Å²) in [6.07, 6.45) is 1.57. The standard InChI is InChI=1S/C14H14N2O2/c1-10-5-3-4-6-13(10)16(2)11-7-8-12(14(17)18)15-9-11/h3-9H,1-2H3,(H,17,18). The minimum Gasteiger partial charge on any atom is -0.477 e. The van der Waals surface area contributed by atoms with E-state index >= 15 is 0 Å². The molecule has 0 saturated carbocycles. The Morgan fingerprint density at radius 1 is 1.22 bits per heavy atom. The van der Waals surface area contributed by atoms with Crippen LogP contribution in [0.25, 0.3) is 0 Å². The van der Waals surface area contributed by atoms with Crippen LogP contribution in [-0.2, 0) is 0 Å². The molecule has 0 aliphatic carbocycles. The van der Waals surface area contributed by atoms with Crippen LogP contribution in [0.5, 0.6) is 0 Å². The molecule has 92 valence electrons. The second-order valence-corrected chi connectivity index (χ2v) is 4.05. The van der Waals surface area contributed by atoms with Crippen molar-refractivity contribution >= 4 is 17.3 Å². The minimum atomic E-state index is -1.01. The minimum absolute atomic E-state index is 0.0527. The highest BCUT2D eigenvalue weighted by molar-refractivity contribution is 5.85. The molecule has 2 aromatic rings. The van der Waals surface area contributed by atoms with Crippen molar-refractivity contribution in [3.05, 3.63) is 53.9 Å². The van der Waals surface area contributed by atoms with Crippen LogP contribution in [0.3, 0.4) is 0 Å². The topological polar surface area (TPSA) is 53.4 Å². The molecule has 0 atom stereocenters. The number of nitrogens with zero attached hydrogens (tertiary/aromatic N) is 2. The lowest BCUT2D eigenvalue weighted by Crippen LogP contribution is -2.11. The van der Waals surface area contributed by atoms with E-state index in [0.717, 1.165) is 16.9 Å². The summed E-state index contributed by atoms with van der Waals surface area (Å²) in [5, 5.41) is 8.80. The van der Waals surface area contributed by atoms with E-state index in [2.05, 4.69) is 4.98 Å². The monoisotopic (exact) mass is 242 g/mol. The van der Waals surface area contributed by atoms with Crippen LogP contribution in [0.1, 0.15) is 16.1 Å². The van der Waals surface area contributed by atoms with E-state index in [0.29, 0.717) is 0 Å². The van der Waals surface area contributed by atoms with Crippen molar-refractivity contribution in [2.45, 2.75) is 6.92 Å². The number of aryl methyl sites for hydroxylation is 1. The number of benzene rings is 1. The quantitative estimate of drug-likeness (QED) is 0.899. The molecule has 0 radical (unpaired) electrons. The molecule has 1 N–H and O–H groups in total. The van der Waals surface area contributed by atoms with E-state index in [1.54, 1.807) is 12.3 Å². The van der Waals surface area contributed by atoms with Crippen LogP contribution in [0.4, 0.5) is 11.4 Å². The number of aromatic nitrogens is 1. The molecule has 1 aromatic heterocycles. The highest BCUT2D eigenvalue weighted by Gasteiger charge is 2.08. The predicted molar refractivity (Wildman–Crippen MR) is 70.4 cm³/mol. The van der Waals surface area contributed by atoms with E-state index in [9.17, 15) is 4.79 Å². The maximum absolute atomic E-state index is 10.7. The first-order valence-electron chi connectivity index (χ1n) is 5.58. The molecular formula is C14H14N2O2. The van der Waals surface area contributed by atoms with E-state index in [-0.39, 0.29) is 5.69 Å². The molecule has 0 fully saturated rings. The second-order valence-electron chi connectivity index (χ2n) is 4.05. The van der Waals surface area contributed by atoms with Crippen molar-refractivity contribution in [3.63, 3.8) is 0 Å². The first-order valence-corrected chi connectivity index (χ1v) is 5.58. The summed E-state index contributed by atoms with van der Waals surface area (Å²) in [5.74, 6) is -1.01. The first-order chi connectivity index (χ1) is 8.59. The number of carbonyl (C=O) groups is 1. The van der Waals surface area contributed by atoms with Crippen LogP contribution >= 0.6 is 0 Å². The van der Waals surface area contributed by atoms with Crippen molar-refractivity contribution in [2.24, 2.45) is 0 Å². The first kappa shape index (κ1) is 12.1. The molecule has 1 heterocycles. The van der Waals surface area contributed by atoms with Gasteiger partial charge in [-0.1, -0.05) is 18.2 Å². The highest BCUT2D eigenvalue weighted by atomic mass is 16.4. The van der Waals surface area contributed by atoms with E-state index < -0.39 is 5.97 Å². The number of aromatic carboxylic acids is 1. The summed E-state index contributed by atoms with van der Waals surface area (Å²) in [6.45, 7) is 2.03. The Morgan fingerprint density at radius 2 is 1.94 bits per heavy atom. The van der Waals surface area contributed by atoms with Crippen LogP contribution in [0.2, 0.25) is 0 Å². The molecule has 0 aliphatic rings. The summed E-state index contributed by atoms with van der Waals surface area (Å²) in [4.78, 5) is 16.6. The van der Waals surface area contributed by atoms with Gasteiger partial charge in [0.15, 0.2) is 0 Å². The number of anilines is 2. The van der Waals surface area contributed by atoms with Gasteiger partial charge >= 0.3 is 5.97 Å². The number of hydrogen-bond acceptors (Lipinski definition) is 3. The van der Waals surface area contributed by atoms with Crippen molar-refractivity contribution in [2.75, 3.05) is 11.9 Å². The average molecular weight is 242 g/mol. The second kappa shape index (κ2) is 4.87. The van der Waals surface area contributed by atoms with Crippen molar-refractivity contribution < 1.29 is 9.90 Å².